The summed E-state index contributed by atoms with van der Waals surface area (Å²) in [5.74, 6) is 0.627. The Morgan fingerprint density at radius 1 is 1.21 bits per heavy atom. The summed E-state index contributed by atoms with van der Waals surface area (Å²) in [7, 11) is 0. The van der Waals surface area contributed by atoms with E-state index in [1.807, 2.05) is 6.20 Å². The molecule has 70 valence electrons. The van der Waals surface area contributed by atoms with E-state index in [0.29, 0.717) is 5.95 Å². The topological polar surface area (TPSA) is 55.6 Å². The van der Waals surface area contributed by atoms with Crippen molar-refractivity contribution in [2.75, 3.05) is 0 Å². The summed E-state index contributed by atoms with van der Waals surface area (Å²) in [6.45, 7) is 1.73. The van der Waals surface area contributed by atoms with Gasteiger partial charge in [-0.25, -0.2) is 14.6 Å². The van der Waals surface area contributed by atoms with Crippen molar-refractivity contribution in [1.82, 2.24) is 25.1 Å². The Kier molecular flexibility index (Phi) is 1.57. The summed E-state index contributed by atoms with van der Waals surface area (Å²) in [6.07, 6.45) is 5.41. The lowest BCUT2D eigenvalue weighted by Gasteiger charge is -1.97. The highest BCUT2D eigenvalue weighted by Gasteiger charge is 2.15. The molecular weight excluding hydrogens is 178 g/mol. The molecule has 5 heteroatoms. The van der Waals surface area contributed by atoms with Gasteiger partial charge in [0, 0.05) is 37.2 Å². The van der Waals surface area contributed by atoms with Gasteiger partial charge < -0.3 is 5.32 Å². The van der Waals surface area contributed by atoms with Crippen LogP contribution in [0.4, 0.5) is 0 Å². The first kappa shape index (κ1) is 7.64. The van der Waals surface area contributed by atoms with Crippen LogP contribution in [0, 0.1) is 0 Å². The lowest BCUT2D eigenvalue weighted by Crippen LogP contribution is -2.06. The zero-order valence-electron chi connectivity index (χ0n) is 7.51. The average molecular weight is 187 g/mol. The minimum absolute atomic E-state index is 0.627. The van der Waals surface area contributed by atoms with E-state index < -0.39 is 0 Å². The Balaban J connectivity index is 2.06. The molecule has 5 nitrogen and oxygen atoms in total. The van der Waals surface area contributed by atoms with Crippen LogP contribution in [-0.2, 0) is 13.1 Å². The lowest BCUT2D eigenvalue weighted by atomic mass is 10.3. The second-order valence-corrected chi connectivity index (χ2v) is 3.20. The number of rotatable bonds is 1. The van der Waals surface area contributed by atoms with Gasteiger partial charge in [-0.1, -0.05) is 0 Å². The van der Waals surface area contributed by atoms with Crippen molar-refractivity contribution in [3.8, 4) is 5.95 Å². The fraction of sp³-hybridized carbons (Fsp3) is 0.222. The van der Waals surface area contributed by atoms with E-state index >= 15 is 0 Å². The number of nitrogens with zero attached hydrogens (tertiary/aromatic N) is 4. The van der Waals surface area contributed by atoms with Crippen LogP contribution in [0.15, 0.2) is 24.7 Å². The first-order chi connectivity index (χ1) is 6.93. The van der Waals surface area contributed by atoms with Crippen LogP contribution in [0.5, 0.6) is 0 Å². The molecule has 2 aromatic rings. The molecule has 3 rings (SSSR count). The van der Waals surface area contributed by atoms with Gasteiger partial charge >= 0.3 is 0 Å². The zero-order chi connectivity index (χ0) is 9.38. The molecule has 0 fully saturated rings. The Labute approximate surface area is 80.8 Å². The van der Waals surface area contributed by atoms with E-state index in [9.17, 15) is 0 Å². The third kappa shape index (κ3) is 1.10. The molecule has 3 heterocycles. The molecule has 0 unspecified atom stereocenters. The maximum absolute atomic E-state index is 4.39. The van der Waals surface area contributed by atoms with Crippen LogP contribution in [0.3, 0.4) is 0 Å². The highest BCUT2D eigenvalue weighted by molar-refractivity contribution is 5.24. The first-order valence-corrected chi connectivity index (χ1v) is 4.49. The Bertz CT molecular complexity index is 426. The molecule has 0 amide bonds. The largest absolute Gasteiger partial charge is 0.307 e. The predicted molar refractivity (Wildman–Crippen MR) is 49.7 cm³/mol. The SMILES string of the molecule is c1cnc(-n2cc3c(n2)CNC3)nc1. The van der Waals surface area contributed by atoms with Crippen LogP contribution >= 0.6 is 0 Å². The molecule has 0 saturated carbocycles. The van der Waals surface area contributed by atoms with Crippen LogP contribution in [-0.4, -0.2) is 19.7 Å². The third-order valence-corrected chi connectivity index (χ3v) is 2.24. The van der Waals surface area contributed by atoms with Crippen LogP contribution in [0.1, 0.15) is 11.3 Å². The molecule has 0 radical (unpaired) electrons. The van der Waals surface area contributed by atoms with Crippen molar-refractivity contribution in [2.45, 2.75) is 13.1 Å². The summed E-state index contributed by atoms with van der Waals surface area (Å²) in [5.41, 5.74) is 2.33. The van der Waals surface area contributed by atoms with Crippen molar-refractivity contribution >= 4 is 0 Å². The molecule has 1 aliphatic heterocycles. The Hall–Kier alpha value is -1.75. The average Bonchev–Trinajstić information content (AvgIpc) is 2.78. The molecule has 0 saturated heterocycles. The summed E-state index contributed by atoms with van der Waals surface area (Å²) < 4.78 is 1.73. The van der Waals surface area contributed by atoms with Gasteiger partial charge in [0.2, 0.25) is 5.95 Å². The normalized spacial score (nSPS) is 14.3. The van der Waals surface area contributed by atoms with Gasteiger partial charge in [-0.2, -0.15) is 5.10 Å². The van der Waals surface area contributed by atoms with Gasteiger partial charge in [-0.05, 0) is 6.07 Å². The van der Waals surface area contributed by atoms with Gasteiger partial charge in [0.1, 0.15) is 0 Å². The first-order valence-electron chi connectivity index (χ1n) is 4.49. The second-order valence-electron chi connectivity index (χ2n) is 3.20. The Morgan fingerprint density at radius 2 is 2.07 bits per heavy atom. The standard InChI is InChI=1S/C9H9N5/c1-2-11-9(12-3-1)14-6-7-4-10-5-8(7)13-14/h1-3,6,10H,4-5H2. The minimum atomic E-state index is 0.627. The Morgan fingerprint density at radius 3 is 2.86 bits per heavy atom. The van der Waals surface area contributed by atoms with Crippen molar-refractivity contribution in [2.24, 2.45) is 0 Å². The van der Waals surface area contributed by atoms with E-state index in [4.69, 9.17) is 0 Å². The molecule has 14 heavy (non-hydrogen) atoms. The zero-order valence-corrected chi connectivity index (χ0v) is 7.51. The summed E-state index contributed by atoms with van der Waals surface area (Å²) >= 11 is 0. The van der Waals surface area contributed by atoms with Crippen LogP contribution < -0.4 is 5.32 Å². The molecule has 1 aliphatic rings. The fourth-order valence-corrected chi connectivity index (χ4v) is 1.57. The predicted octanol–water partition coefficient (Wildman–Crippen LogP) is 0.265. The molecule has 0 aliphatic carbocycles. The third-order valence-electron chi connectivity index (χ3n) is 2.24. The van der Waals surface area contributed by atoms with Crippen molar-refractivity contribution in [3.63, 3.8) is 0 Å². The van der Waals surface area contributed by atoms with E-state index in [0.717, 1.165) is 18.8 Å². The maximum Gasteiger partial charge on any atom is 0.250 e. The molecule has 2 aromatic heterocycles. The fourth-order valence-electron chi connectivity index (χ4n) is 1.57. The number of fused-ring (bicyclic) bond motifs is 1. The monoisotopic (exact) mass is 187 g/mol. The van der Waals surface area contributed by atoms with E-state index in [1.54, 1.807) is 23.1 Å². The lowest BCUT2D eigenvalue weighted by molar-refractivity contribution is 0.708. The molecular formula is C9H9N5. The smallest absolute Gasteiger partial charge is 0.250 e. The number of hydrogen-bond donors (Lipinski definition) is 1. The van der Waals surface area contributed by atoms with Gasteiger partial charge in [0.05, 0.1) is 5.69 Å². The number of hydrogen-bond acceptors (Lipinski definition) is 4. The van der Waals surface area contributed by atoms with Gasteiger partial charge in [0.25, 0.3) is 0 Å². The number of aromatic nitrogens is 4. The molecule has 0 bridgehead atoms. The summed E-state index contributed by atoms with van der Waals surface area (Å²) in [5, 5.41) is 7.62. The van der Waals surface area contributed by atoms with Gasteiger partial charge in [-0.15, -0.1) is 0 Å². The number of nitrogens with one attached hydrogen (secondary N) is 1. The van der Waals surface area contributed by atoms with E-state index in [2.05, 4.69) is 20.4 Å². The van der Waals surface area contributed by atoms with Gasteiger partial charge in [-0.3, -0.25) is 0 Å². The molecule has 0 atom stereocenters. The second kappa shape index (κ2) is 2.88. The van der Waals surface area contributed by atoms with Crippen molar-refractivity contribution in [1.29, 1.82) is 0 Å². The highest BCUT2D eigenvalue weighted by Crippen LogP contribution is 2.13. The van der Waals surface area contributed by atoms with Crippen molar-refractivity contribution < 1.29 is 0 Å². The van der Waals surface area contributed by atoms with E-state index in [1.165, 1.54) is 5.56 Å². The van der Waals surface area contributed by atoms with Crippen LogP contribution in [0.2, 0.25) is 0 Å². The highest BCUT2D eigenvalue weighted by atomic mass is 15.3. The van der Waals surface area contributed by atoms with Crippen LogP contribution in [0.25, 0.3) is 5.95 Å². The maximum atomic E-state index is 4.39. The minimum Gasteiger partial charge on any atom is -0.307 e. The van der Waals surface area contributed by atoms with E-state index in [-0.39, 0.29) is 0 Å². The summed E-state index contributed by atoms with van der Waals surface area (Å²) in [6, 6.07) is 1.79. The quantitative estimate of drug-likeness (QED) is 0.696. The van der Waals surface area contributed by atoms with Gasteiger partial charge in [0.15, 0.2) is 0 Å². The summed E-state index contributed by atoms with van der Waals surface area (Å²) in [4.78, 5) is 8.26. The molecule has 0 aromatic carbocycles. The molecule has 1 N–H and O–H groups in total. The van der Waals surface area contributed by atoms with Crippen molar-refractivity contribution in [3.05, 3.63) is 35.9 Å². The molecule has 0 spiro atoms.